The van der Waals surface area contributed by atoms with Crippen LogP contribution in [0.2, 0.25) is 0 Å². The summed E-state index contributed by atoms with van der Waals surface area (Å²) in [6, 6.07) is 1.71. The number of esters is 1. The smallest absolute Gasteiger partial charge is 0.341 e. The molecule has 0 bridgehead atoms. The van der Waals surface area contributed by atoms with Gasteiger partial charge in [-0.05, 0) is 49.7 Å². The monoisotopic (exact) mass is 423 g/mol. The topological polar surface area (TPSA) is 46.6 Å². The molecular formula is C15H16F2INO3. The summed E-state index contributed by atoms with van der Waals surface area (Å²) in [7, 11) is 3.51. The van der Waals surface area contributed by atoms with Gasteiger partial charge in [0.25, 0.3) is 0 Å². The van der Waals surface area contributed by atoms with Crippen LogP contribution in [-0.4, -0.2) is 43.9 Å². The molecule has 0 atom stereocenters. The number of carbonyl (C=O) groups excluding carboxylic acids is 2. The van der Waals surface area contributed by atoms with E-state index in [0.29, 0.717) is 12.6 Å². The summed E-state index contributed by atoms with van der Waals surface area (Å²) in [5.41, 5.74) is -0.624. The summed E-state index contributed by atoms with van der Waals surface area (Å²) >= 11 is 1.65. The highest BCUT2D eigenvalue weighted by Gasteiger charge is 2.24. The van der Waals surface area contributed by atoms with Gasteiger partial charge in [0.05, 0.1) is 12.2 Å². The highest BCUT2D eigenvalue weighted by Crippen LogP contribution is 2.20. The van der Waals surface area contributed by atoms with Crippen molar-refractivity contribution in [2.24, 2.45) is 0 Å². The molecule has 1 aromatic carbocycles. The molecule has 0 aliphatic rings. The lowest BCUT2D eigenvalue weighted by atomic mass is 10.0. The van der Waals surface area contributed by atoms with Crippen molar-refractivity contribution >= 4 is 34.3 Å². The molecule has 0 aliphatic carbocycles. The van der Waals surface area contributed by atoms with E-state index >= 15 is 0 Å². The van der Waals surface area contributed by atoms with Gasteiger partial charge in [0.1, 0.15) is 17.2 Å². The summed E-state index contributed by atoms with van der Waals surface area (Å²) in [6.45, 7) is 2.00. The van der Waals surface area contributed by atoms with Gasteiger partial charge < -0.3 is 9.64 Å². The summed E-state index contributed by atoms with van der Waals surface area (Å²) in [5, 5.41) is 0. The number of carbonyl (C=O) groups is 2. The Morgan fingerprint density at radius 3 is 2.45 bits per heavy atom. The molecule has 0 spiro atoms. The van der Waals surface area contributed by atoms with Crippen LogP contribution in [0.25, 0.3) is 0 Å². The molecule has 1 rings (SSSR count). The highest BCUT2D eigenvalue weighted by molar-refractivity contribution is 14.1. The van der Waals surface area contributed by atoms with Crippen molar-refractivity contribution in [3.05, 3.63) is 44.5 Å². The van der Waals surface area contributed by atoms with Gasteiger partial charge in [0.15, 0.2) is 0 Å². The first kappa shape index (κ1) is 18.7. The Bertz CT molecular complexity index is 615. The third-order valence-electron chi connectivity index (χ3n) is 2.66. The largest absolute Gasteiger partial charge is 0.462 e. The predicted molar refractivity (Wildman–Crippen MR) is 86.7 cm³/mol. The standard InChI is InChI=1S/C15H16F2INO3/c1-4-22-15(21)9(5-6-19(2)3)14(20)10-7-13(18)12(17)8-11(10)16/h5,7-8H,4,6H2,1-3H3/b9-5-. The number of ketones is 1. The van der Waals surface area contributed by atoms with E-state index < -0.39 is 23.4 Å². The van der Waals surface area contributed by atoms with Gasteiger partial charge in [-0.15, -0.1) is 0 Å². The maximum absolute atomic E-state index is 13.8. The molecule has 7 heteroatoms. The molecule has 0 fully saturated rings. The molecule has 0 unspecified atom stereocenters. The molecule has 120 valence electrons. The summed E-state index contributed by atoms with van der Waals surface area (Å²) in [6.07, 6.45) is 1.37. The van der Waals surface area contributed by atoms with Crippen molar-refractivity contribution in [1.82, 2.24) is 4.90 Å². The van der Waals surface area contributed by atoms with Gasteiger partial charge in [-0.25, -0.2) is 13.6 Å². The Kier molecular flexibility index (Phi) is 7.08. The minimum Gasteiger partial charge on any atom is -0.462 e. The van der Waals surface area contributed by atoms with Gasteiger partial charge in [0.2, 0.25) is 5.78 Å². The maximum Gasteiger partial charge on any atom is 0.341 e. The fraction of sp³-hybridized carbons (Fsp3) is 0.333. The fourth-order valence-electron chi connectivity index (χ4n) is 1.59. The van der Waals surface area contributed by atoms with E-state index in [2.05, 4.69) is 0 Å². The second kappa shape index (κ2) is 8.33. The Hall–Kier alpha value is -1.35. The van der Waals surface area contributed by atoms with Crippen LogP contribution >= 0.6 is 22.6 Å². The highest BCUT2D eigenvalue weighted by atomic mass is 127. The molecule has 0 saturated heterocycles. The van der Waals surface area contributed by atoms with Crippen LogP contribution in [0.15, 0.2) is 23.8 Å². The number of Topliss-reactive ketones (excluding diaryl/α,β-unsaturated/α-hetero) is 1. The zero-order chi connectivity index (χ0) is 16.9. The van der Waals surface area contributed by atoms with Crippen LogP contribution in [-0.2, 0) is 9.53 Å². The van der Waals surface area contributed by atoms with Gasteiger partial charge >= 0.3 is 5.97 Å². The number of ether oxygens (including phenoxy) is 1. The van der Waals surface area contributed by atoms with E-state index in [-0.39, 0.29) is 21.3 Å². The number of nitrogens with zero attached hydrogens (tertiary/aromatic N) is 1. The van der Waals surface area contributed by atoms with Gasteiger partial charge in [0, 0.05) is 16.2 Å². The van der Waals surface area contributed by atoms with Crippen molar-refractivity contribution < 1.29 is 23.1 Å². The minimum absolute atomic E-state index is 0.0921. The normalized spacial score (nSPS) is 11.7. The molecular weight excluding hydrogens is 407 g/mol. The molecule has 0 N–H and O–H groups in total. The summed E-state index contributed by atoms with van der Waals surface area (Å²) < 4.78 is 32.0. The lowest BCUT2D eigenvalue weighted by Gasteiger charge is -2.10. The first-order valence-corrected chi connectivity index (χ1v) is 7.57. The van der Waals surface area contributed by atoms with Crippen LogP contribution in [0, 0.1) is 15.2 Å². The van der Waals surface area contributed by atoms with E-state index in [4.69, 9.17) is 4.74 Å². The molecule has 4 nitrogen and oxygen atoms in total. The van der Waals surface area contributed by atoms with E-state index in [1.807, 2.05) is 0 Å². The summed E-state index contributed by atoms with van der Waals surface area (Å²) in [4.78, 5) is 26.0. The zero-order valence-corrected chi connectivity index (χ0v) is 14.6. The lowest BCUT2D eigenvalue weighted by Crippen LogP contribution is -2.20. The van der Waals surface area contributed by atoms with Gasteiger partial charge in [-0.2, -0.15) is 0 Å². The number of hydrogen-bond acceptors (Lipinski definition) is 4. The SMILES string of the molecule is CCOC(=O)/C(=C\CN(C)C)C(=O)c1cc(I)c(F)cc1F. The third kappa shape index (κ3) is 4.84. The van der Waals surface area contributed by atoms with Crippen LogP contribution in [0.5, 0.6) is 0 Å². The number of benzene rings is 1. The minimum atomic E-state index is -1.01. The third-order valence-corrected chi connectivity index (χ3v) is 3.48. The lowest BCUT2D eigenvalue weighted by molar-refractivity contribution is -0.138. The van der Waals surface area contributed by atoms with Crippen LogP contribution in [0.4, 0.5) is 8.78 Å². The van der Waals surface area contributed by atoms with E-state index in [1.165, 1.54) is 6.08 Å². The predicted octanol–water partition coefficient (Wildman–Crippen LogP) is 2.80. The average Bonchev–Trinajstić information content (AvgIpc) is 2.42. The van der Waals surface area contributed by atoms with Crippen LogP contribution in [0.3, 0.4) is 0 Å². The Labute approximate surface area is 141 Å². The quantitative estimate of drug-likeness (QED) is 0.134. The fourth-order valence-corrected chi connectivity index (χ4v) is 2.06. The second-order valence-corrected chi connectivity index (χ2v) is 5.84. The van der Waals surface area contributed by atoms with Crippen molar-refractivity contribution in [2.45, 2.75) is 6.92 Å². The molecule has 0 heterocycles. The van der Waals surface area contributed by atoms with Gasteiger partial charge in [-0.1, -0.05) is 6.08 Å². The van der Waals surface area contributed by atoms with Crippen molar-refractivity contribution in [3.8, 4) is 0 Å². The molecule has 0 aliphatic heterocycles. The Morgan fingerprint density at radius 2 is 1.91 bits per heavy atom. The number of likely N-dealkylation sites (N-methyl/N-ethyl adjacent to an activating group) is 1. The Balaban J connectivity index is 3.25. The first-order chi connectivity index (χ1) is 10.3. The molecule has 0 amide bonds. The van der Waals surface area contributed by atoms with Gasteiger partial charge in [-0.3, -0.25) is 4.79 Å². The zero-order valence-electron chi connectivity index (χ0n) is 12.5. The molecule has 0 aromatic heterocycles. The molecule has 0 radical (unpaired) electrons. The maximum atomic E-state index is 13.8. The van der Waals surface area contributed by atoms with E-state index in [9.17, 15) is 18.4 Å². The molecule has 0 saturated carbocycles. The van der Waals surface area contributed by atoms with Crippen molar-refractivity contribution in [2.75, 3.05) is 27.2 Å². The second-order valence-electron chi connectivity index (χ2n) is 4.68. The van der Waals surface area contributed by atoms with Crippen LogP contribution in [0.1, 0.15) is 17.3 Å². The van der Waals surface area contributed by atoms with Crippen LogP contribution < -0.4 is 0 Å². The van der Waals surface area contributed by atoms with Crippen molar-refractivity contribution in [1.29, 1.82) is 0 Å². The first-order valence-electron chi connectivity index (χ1n) is 6.49. The Morgan fingerprint density at radius 1 is 1.27 bits per heavy atom. The number of hydrogen-bond donors (Lipinski definition) is 0. The summed E-state index contributed by atoms with van der Waals surface area (Å²) in [5.74, 6) is -3.42. The van der Waals surface area contributed by atoms with E-state index in [0.717, 1.165) is 6.07 Å². The molecule has 22 heavy (non-hydrogen) atoms. The molecule has 1 aromatic rings. The average molecular weight is 423 g/mol. The van der Waals surface area contributed by atoms with E-state index in [1.54, 1.807) is 48.5 Å². The number of halogens is 3. The number of rotatable bonds is 6. The van der Waals surface area contributed by atoms with Crippen molar-refractivity contribution in [3.63, 3.8) is 0 Å².